The van der Waals surface area contributed by atoms with Crippen molar-refractivity contribution in [2.75, 3.05) is 43.4 Å². The summed E-state index contributed by atoms with van der Waals surface area (Å²) in [4.78, 5) is 8.99. The van der Waals surface area contributed by atoms with Crippen LogP contribution in [-0.4, -0.2) is 38.9 Å². The summed E-state index contributed by atoms with van der Waals surface area (Å²) >= 11 is 1.55. The van der Waals surface area contributed by atoms with Crippen molar-refractivity contribution in [1.82, 2.24) is 4.98 Å². The Kier molecular flexibility index (Phi) is 6.69. The molecule has 0 aliphatic rings. The van der Waals surface area contributed by atoms with Crippen LogP contribution in [0.15, 0.2) is 101 Å². The maximum Gasteiger partial charge on any atom is 0.203 e. The van der Waals surface area contributed by atoms with Gasteiger partial charge >= 0.3 is 0 Å². The third kappa shape index (κ3) is 5.09. The minimum Gasteiger partial charge on any atom is -0.378 e. The van der Waals surface area contributed by atoms with Gasteiger partial charge in [-0.15, -0.1) is 11.3 Å². The number of aromatic nitrogens is 1. The van der Waals surface area contributed by atoms with Crippen molar-refractivity contribution < 1.29 is 0 Å². The first-order chi connectivity index (χ1) is 17.5. The Balaban J connectivity index is 1.45. The predicted octanol–water partition coefficient (Wildman–Crippen LogP) is 6.96. The van der Waals surface area contributed by atoms with Gasteiger partial charge in [-0.2, -0.15) is 5.10 Å². The molecule has 1 heterocycles. The number of fused-ring (bicyclic) bond motifs is 1. The average molecular weight is 492 g/mol. The molecule has 0 unspecified atom stereocenters. The van der Waals surface area contributed by atoms with Crippen LogP contribution in [0.25, 0.3) is 22.0 Å². The van der Waals surface area contributed by atoms with Gasteiger partial charge in [-0.05, 0) is 41.1 Å². The normalized spacial score (nSPS) is 10.8. The highest BCUT2D eigenvalue weighted by Crippen LogP contribution is 2.28. The van der Waals surface area contributed by atoms with Crippen molar-refractivity contribution in [3.63, 3.8) is 0 Å². The molecule has 1 N–H and O–H groups in total. The van der Waals surface area contributed by atoms with E-state index in [1.165, 1.54) is 10.8 Å². The molecule has 36 heavy (non-hydrogen) atoms. The summed E-state index contributed by atoms with van der Waals surface area (Å²) in [6, 6.07) is 31.7. The first kappa shape index (κ1) is 23.6. The summed E-state index contributed by atoms with van der Waals surface area (Å²) in [5, 5.41) is 10.1. The van der Waals surface area contributed by atoms with Crippen LogP contribution in [0.3, 0.4) is 0 Å². The molecular weight excluding hydrogens is 462 g/mol. The zero-order chi connectivity index (χ0) is 25.1. The second-order valence-electron chi connectivity index (χ2n) is 9.05. The van der Waals surface area contributed by atoms with Gasteiger partial charge < -0.3 is 9.80 Å². The molecule has 0 bridgehead atoms. The molecule has 6 heteroatoms. The highest BCUT2D eigenvalue weighted by Gasteiger charge is 2.11. The van der Waals surface area contributed by atoms with Crippen LogP contribution >= 0.6 is 11.3 Å². The lowest BCUT2D eigenvalue weighted by Crippen LogP contribution is -2.11. The number of nitrogens with zero attached hydrogens (tertiary/aromatic N) is 4. The van der Waals surface area contributed by atoms with Gasteiger partial charge in [0.25, 0.3) is 0 Å². The van der Waals surface area contributed by atoms with E-state index in [4.69, 9.17) is 10.1 Å². The van der Waals surface area contributed by atoms with E-state index in [-0.39, 0.29) is 0 Å². The van der Waals surface area contributed by atoms with E-state index in [9.17, 15) is 0 Å². The lowest BCUT2D eigenvalue weighted by atomic mass is 10.0. The fraction of sp³-hybridized carbons (Fsp3) is 0.133. The van der Waals surface area contributed by atoms with Crippen LogP contribution in [0, 0.1) is 0 Å². The number of rotatable bonds is 7. The largest absolute Gasteiger partial charge is 0.378 e. The second kappa shape index (κ2) is 10.2. The molecule has 1 aromatic heterocycles. The van der Waals surface area contributed by atoms with Crippen molar-refractivity contribution in [2.24, 2.45) is 5.10 Å². The smallest absolute Gasteiger partial charge is 0.203 e. The predicted molar refractivity (Wildman–Crippen MR) is 156 cm³/mol. The Morgan fingerprint density at radius 1 is 0.722 bits per heavy atom. The van der Waals surface area contributed by atoms with Crippen LogP contribution in [0.5, 0.6) is 0 Å². The molecule has 0 fully saturated rings. The zero-order valence-electron chi connectivity index (χ0n) is 20.9. The summed E-state index contributed by atoms with van der Waals surface area (Å²) in [6.07, 6.45) is 0. The second-order valence-corrected chi connectivity index (χ2v) is 9.91. The molecular formula is C30H29N5S. The first-order valence-electron chi connectivity index (χ1n) is 11.8. The van der Waals surface area contributed by atoms with Crippen molar-refractivity contribution in [3.05, 3.63) is 108 Å². The fourth-order valence-electron chi connectivity index (χ4n) is 4.04. The quantitative estimate of drug-likeness (QED) is 0.197. The minimum absolute atomic E-state index is 0.755. The number of hydrogen-bond donors (Lipinski definition) is 1. The molecule has 0 spiro atoms. The van der Waals surface area contributed by atoms with Crippen molar-refractivity contribution in [1.29, 1.82) is 0 Å². The van der Waals surface area contributed by atoms with Gasteiger partial charge in [0.2, 0.25) is 5.13 Å². The molecule has 0 aliphatic carbocycles. The molecule has 5 nitrogen and oxygen atoms in total. The first-order valence-corrected chi connectivity index (χ1v) is 12.7. The number of anilines is 3. The Bertz CT molecular complexity index is 1450. The number of hydrazone groups is 1. The number of hydrogen-bond acceptors (Lipinski definition) is 6. The molecule has 0 saturated carbocycles. The maximum absolute atomic E-state index is 4.83. The van der Waals surface area contributed by atoms with Gasteiger partial charge in [-0.25, -0.2) is 4.98 Å². The molecule has 0 atom stereocenters. The van der Waals surface area contributed by atoms with E-state index >= 15 is 0 Å². The topological polar surface area (TPSA) is 43.8 Å². The molecule has 0 aliphatic heterocycles. The fourth-order valence-corrected chi connectivity index (χ4v) is 4.70. The molecule has 5 aromatic rings. The van der Waals surface area contributed by atoms with Gasteiger partial charge in [0.15, 0.2) is 0 Å². The third-order valence-corrected chi connectivity index (χ3v) is 6.87. The zero-order valence-corrected chi connectivity index (χ0v) is 21.8. The number of benzene rings is 4. The Labute approximate surface area is 216 Å². The summed E-state index contributed by atoms with van der Waals surface area (Å²) < 4.78 is 0. The van der Waals surface area contributed by atoms with Crippen LogP contribution in [0.2, 0.25) is 0 Å². The van der Waals surface area contributed by atoms with E-state index in [1.54, 1.807) is 11.3 Å². The van der Waals surface area contributed by atoms with E-state index in [0.717, 1.165) is 44.6 Å². The summed E-state index contributed by atoms with van der Waals surface area (Å²) in [7, 11) is 8.17. The monoisotopic (exact) mass is 491 g/mol. The van der Waals surface area contributed by atoms with Gasteiger partial charge in [0.1, 0.15) is 0 Å². The van der Waals surface area contributed by atoms with Crippen molar-refractivity contribution >= 4 is 44.3 Å². The lowest BCUT2D eigenvalue weighted by molar-refractivity contribution is 1.13. The van der Waals surface area contributed by atoms with Crippen LogP contribution in [0.4, 0.5) is 16.5 Å². The van der Waals surface area contributed by atoms with Gasteiger partial charge in [0.05, 0.1) is 11.4 Å². The molecule has 4 aromatic carbocycles. The average Bonchev–Trinajstić information content (AvgIpc) is 3.38. The summed E-state index contributed by atoms with van der Waals surface area (Å²) in [6.45, 7) is 0. The number of thiazole rings is 1. The lowest BCUT2D eigenvalue weighted by Gasteiger charge is -2.15. The highest BCUT2D eigenvalue weighted by atomic mass is 32.1. The molecule has 5 rings (SSSR count). The summed E-state index contributed by atoms with van der Waals surface area (Å²) in [5.74, 6) is 0. The van der Waals surface area contributed by atoms with Gasteiger partial charge in [0, 0.05) is 61.6 Å². The van der Waals surface area contributed by atoms with Gasteiger partial charge in [-0.1, -0.05) is 60.7 Å². The number of nitrogens with one attached hydrogen (secondary N) is 1. The van der Waals surface area contributed by atoms with Crippen molar-refractivity contribution in [2.45, 2.75) is 0 Å². The molecule has 0 amide bonds. The van der Waals surface area contributed by atoms with Crippen LogP contribution in [-0.2, 0) is 0 Å². The molecule has 0 saturated heterocycles. The highest BCUT2D eigenvalue weighted by molar-refractivity contribution is 7.14. The van der Waals surface area contributed by atoms with Gasteiger partial charge in [-0.3, -0.25) is 5.43 Å². The minimum atomic E-state index is 0.755. The van der Waals surface area contributed by atoms with Crippen molar-refractivity contribution in [3.8, 4) is 11.3 Å². The molecule has 180 valence electrons. The standard InChI is InChI=1S/C30H29N5S/c1-34(2)26-15-11-22(12-16-26)29(23-13-17-27(18-14-23)35(3)4)32-33-30-31-28(20-36-30)25-10-9-21-7-5-6-8-24(21)19-25/h5-20H,1-4H3,(H,31,33). The van der Waals surface area contributed by atoms with Crippen LogP contribution < -0.4 is 15.2 Å². The van der Waals surface area contributed by atoms with E-state index < -0.39 is 0 Å². The Morgan fingerprint density at radius 3 is 1.89 bits per heavy atom. The van der Waals surface area contributed by atoms with E-state index in [0.29, 0.717) is 0 Å². The SMILES string of the molecule is CN(C)c1ccc(C(=NNc2nc(-c3ccc4ccccc4c3)cs2)c2ccc(N(C)C)cc2)cc1. The maximum atomic E-state index is 4.83. The third-order valence-electron chi connectivity index (χ3n) is 6.13. The van der Waals surface area contributed by atoms with E-state index in [1.807, 2.05) is 28.2 Å². The molecule has 0 radical (unpaired) electrons. The summed E-state index contributed by atoms with van der Waals surface area (Å²) in [5.41, 5.74) is 10.5. The van der Waals surface area contributed by atoms with E-state index in [2.05, 4.69) is 112 Å². The Hall–Kier alpha value is -4.16. The van der Waals surface area contributed by atoms with Crippen LogP contribution in [0.1, 0.15) is 11.1 Å². The Morgan fingerprint density at radius 2 is 1.31 bits per heavy atom.